The van der Waals surface area contributed by atoms with Gasteiger partial charge in [0.05, 0.1) is 28.1 Å². The smallest absolute Gasteiger partial charge is 0.333 e. The van der Waals surface area contributed by atoms with Crippen LogP contribution < -0.4 is 0 Å². The zero-order valence-electron chi connectivity index (χ0n) is 15.5. The molecule has 6 nitrogen and oxygen atoms in total. The number of hydrogen-bond donors (Lipinski definition) is 1. The van der Waals surface area contributed by atoms with E-state index in [0.717, 1.165) is 5.56 Å². The summed E-state index contributed by atoms with van der Waals surface area (Å²) in [6, 6.07) is 13.3. The molecule has 28 heavy (non-hydrogen) atoms. The van der Waals surface area contributed by atoms with E-state index in [4.69, 9.17) is 5.26 Å². The molecule has 1 N–H and O–H groups in total. The molecule has 7 heteroatoms. The van der Waals surface area contributed by atoms with Crippen LogP contribution in [0.4, 0.5) is 0 Å². The van der Waals surface area contributed by atoms with E-state index in [1.165, 1.54) is 22.5 Å². The van der Waals surface area contributed by atoms with Gasteiger partial charge in [0, 0.05) is 6.04 Å². The Hall–Kier alpha value is -2.95. The fourth-order valence-corrected chi connectivity index (χ4v) is 5.20. The molecule has 0 unspecified atom stereocenters. The molecule has 0 amide bonds. The van der Waals surface area contributed by atoms with Crippen LogP contribution in [-0.4, -0.2) is 29.8 Å². The number of hydrogen-bond acceptors (Lipinski definition) is 4. The Bertz CT molecular complexity index is 1060. The first kappa shape index (κ1) is 19.8. The standard InChI is InChI=1S/C21H20N2O4S/c1-3-17-12-19(21(24)25)20(16-8-6-15(13-22)7-9-16)23(17)28(26,27)18-10-4-14(2)5-11-18/h4-12,17,20H,3H2,1-2H3,(H,24,25)/t17-,20+/m0/s1. The minimum absolute atomic E-state index is 0.0206. The summed E-state index contributed by atoms with van der Waals surface area (Å²) in [7, 11) is -3.94. The van der Waals surface area contributed by atoms with Gasteiger partial charge in [-0.2, -0.15) is 9.57 Å². The zero-order valence-corrected chi connectivity index (χ0v) is 16.3. The fraction of sp³-hybridized carbons (Fsp3) is 0.238. The van der Waals surface area contributed by atoms with Crippen LogP contribution in [0, 0.1) is 18.3 Å². The quantitative estimate of drug-likeness (QED) is 0.835. The molecule has 0 radical (unpaired) electrons. The molecule has 2 aromatic carbocycles. The Morgan fingerprint density at radius 2 is 1.75 bits per heavy atom. The van der Waals surface area contributed by atoms with Crippen molar-refractivity contribution in [3.8, 4) is 6.07 Å². The van der Waals surface area contributed by atoms with Gasteiger partial charge in [-0.1, -0.05) is 42.8 Å². The highest BCUT2D eigenvalue weighted by Gasteiger charge is 2.45. The number of nitriles is 1. The lowest BCUT2D eigenvalue weighted by molar-refractivity contribution is -0.133. The third-order valence-corrected chi connectivity index (χ3v) is 6.77. The summed E-state index contributed by atoms with van der Waals surface area (Å²) in [4.78, 5) is 12.0. The van der Waals surface area contributed by atoms with Gasteiger partial charge in [-0.15, -0.1) is 0 Å². The Morgan fingerprint density at radius 1 is 1.14 bits per heavy atom. The van der Waals surface area contributed by atoms with Crippen LogP contribution in [0.3, 0.4) is 0 Å². The van der Waals surface area contributed by atoms with Crippen molar-refractivity contribution in [3.63, 3.8) is 0 Å². The van der Waals surface area contributed by atoms with Crippen LogP contribution >= 0.6 is 0 Å². The average molecular weight is 396 g/mol. The number of sulfonamides is 1. The lowest BCUT2D eigenvalue weighted by atomic mass is 10.00. The predicted molar refractivity (Wildman–Crippen MR) is 104 cm³/mol. The Labute approximate surface area is 164 Å². The fourth-order valence-electron chi connectivity index (χ4n) is 3.40. The summed E-state index contributed by atoms with van der Waals surface area (Å²) in [5.41, 5.74) is 1.88. The second-order valence-corrected chi connectivity index (χ2v) is 8.53. The van der Waals surface area contributed by atoms with Crippen molar-refractivity contribution in [1.82, 2.24) is 4.31 Å². The highest BCUT2D eigenvalue weighted by atomic mass is 32.2. The summed E-state index contributed by atoms with van der Waals surface area (Å²) in [6.07, 6.45) is 1.95. The van der Waals surface area contributed by atoms with E-state index in [-0.39, 0.29) is 10.5 Å². The lowest BCUT2D eigenvalue weighted by Gasteiger charge is -2.30. The Kier molecular flexibility index (Phi) is 5.36. The molecule has 1 heterocycles. The van der Waals surface area contributed by atoms with Crippen molar-refractivity contribution in [2.45, 2.75) is 37.2 Å². The molecule has 3 rings (SSSR count). The number of aryl methyl sites for hydroxylation is 1. The molecule has 2 aromatic rings. The van der Waals surface area contributed by atoms with Gasteiger partial charge in [0.2, 0.25) is 10.0 Å². The van der Waals surface area contributed by atoms with Crippen LogP contribution in [0.1, 0.15) is 36.1 Å². The highest BCUT2D eigenvalue weighted by Crippen LogP contribution is 2.41. The molecule has 0 saturated carbocycles. The van der Waals surface area contributed by atoms with E-state index in [9.17, 15) is 18.3 Å². The van der Waals surface area contributed by atoms with Crippen molar-refractivity contribution in [1.29, 1.82) is 5.26 Å². The number of nitrogens with zero attached hydrogens (tertiary/aromatic N) is 2. The van der Waals surface area contributed by atoms with Crippen LogP contribution in [-0.2, 0) is 14.8 Å². The third-order valence-electron chi connectivity index (χ3n) is 4.87. The largest absolute Gasteiger partial charge is 0.478 e. The molecule has 0 fully saturated rings. The maximum Gasteiger partial charge on any atom is 0.333 e. The van der Waals surface area contributed by atoms with Crippen LogP contribution in [0.5, 0.6) is 0 Å². The number of carbonyl (C=O) groups is 1. The second-order valence-electron chi connectivity index (χ2n) is 6.69. The highest BCUT2D eigenvalue weighted by molar-refractivity contribution is 7.89. The van der Waals surface area contributed by atoms with Crippen molar-refractivity contribution >= 4 is 16.0 Å². The normalized spacial score (nSPS) is 19.8. The van der Waals surface area contributed by atoms with Gasteiger partial charge in [0.15, 0.2) is 0 Å². The number of carboxylic acids is 1. The molecule has 0 aromatic heterocycles. The summed E-state index contributed by atoms with van der Waals surface area (Å²) in [5.74, 6) is -1.16. The molecule has 0 bridgehead atoms. The molecule has 0 saturated heterocycles. The van der Waals surface area contributed by atoms with Gasteiger partial charge >= 0.3 is 5.97 Å². The number of carboxylic acid groups (broad SMARTS) is 1. The summed E-state index contributed by atoms with van der Waals surface area (Å²) in [5, 5.41) is 18.7. The van der Waals surface area contributed by atoms with Gasteiger partial charge in [-0.25, -0.2) is 13.2 Å². The van der Waals surface area contributed by atoms with Crippen molar-refractivity contribution in [2.24, 2.45) is 0 Å². The number of aliphatic carboxylic acids is 1. The van der Waals surface area contributed by atoms with Crippen molar-refractivity contribution in [2.75, 3.05) is 0 Å². The number of rotatable bonds is 5. The van der Waals surface area contributed by atoms with Crippen LogP contribution in [0.2, 0.25) is 0 Å². The first-order valence-electron chi connectivity index (χ1n) is 8.85. The van der Waals surface area contributed by atoms with E-state index >= 15 is 0 Å². The minimum Gasteiger partial charge on any atom is -0.478 e. The maximum absolute atomic E-state index is 13.4. The van der Waals surface area contributed by atoms with E-state index in [1.54, 1.807) is 36.4 Å². The van der Waals surface area contributed by atoms with Gasteiger partial charge in [-0.05, 0) is 43.2 Å². The van der Waals surface area contributed by atoms with Gasteiger partial charge in [-0.3, -0.25) is 0 Å². The van der Waals surface area contributed by atoms with E-state index in [2.05, 4.69) is 0 Å². The topological polar surface area (TPSA) is 98.5 Å². The number of benzene rings is 2. The van der Waals surface area contributed by atoms with Crippen molar-refractivity contribution in [3.05, 3.63) is 76.9 Å². The zero-order chi connectivity index (χ0) is 20.5. The average Bonchev–Trinajstić information content (AvgIpc) is 3.09. The molecule has 0 spiro atoms. The summed E-state index contributed by atoms with van der Waals surface area (Å²) < 4.78 is 28.1. The summed E-state index contributed by atoms with van der Waals surface area (Å²) in [6.45, 7) is 3.68. The maximum atomic E-state index is 13.4. The van der Waals surface area contributed by atoms with E-state index in [1.807, 2.05) is 19.9 Å². The van der Waals surface area contributed by atoms with Gasteiger partial charge in [0.1, 0.15) is 0 Å². The minimum atomic E-state index is -3.94. The molecule has 144 valence electrons. The molecule has 2 atom stereocenters. The van der Waals surface area contributed by atoms with E-state index < -0.39 is 28.1 Å². The monoisotopic (exact) mass is 396 g/mol. The third kappa shape index (κ3) is 3.44. The summed E-state index contributed by atoms with van der Waals surface area (Å²) >= 11 is 0. The van der Waals surface area contributed by atoms with Crippen molar-refractivity contribution < 1.29 is 18.3 Å². The Morgan fingerprint density at radius 3 is 2.25 bits per heavy atom. The van der Waals surface area contributed by atoms with Gasteiger partial charge in [0.25, 0.3) is 0 Å². The predicted octanol–water partition coefficient (Wildman–Crippen LogP) is 3.40. The van der Waals surface area contributed by atoms with E-state index in [0.29, 0.717) is 17.5 Å². The molecule has 1 aliphatic rings. The van der Waals surface area contributed by atoms with Crippen LogP contribution in [0.15, 0.2) is 65.1 Å². The molecule has 1 aliphatic heterocycles. The molecular formula is C21H20N2O4S. The SMILES string of the molecule is CC[C@H]1C=C(C(=O)O)[C@@H](c2ccc(C#N)cc2)N1S(=O)(=O)c1ccc(C)cc1. The van der Waals surface area contributed by atoms with Gasteiger partial charge < -0.3 is 5.11 Å². The Balaban J connectivity index is 2.16. The first-order chi connectivity index (χ1) is 13.3. The lowest BCUT2D eigenvalue weighted by Crippen LogP contribution is -2.38. The first-order valence-corrected chi connectivity index (χ1v) is 10.3. The van der Waals surface area contributed by atoms with Crippen LogP contribution in [0.25, 0.3) is 0 Å². The second kappa shape index (κ2) is 7.58. The molecule has 0 aliphatic carbocycles. The molecular weight excluding hydrogens is 376 g/mol.